The number of carbonyl (C=O) groups excluding carboxylic acids is 2. The van der Waals surface area contributed by atoms with Crippen molar-refractivity contribution in [3.63, 3.8) is 0 Å². The molecule has 17 heteroatoms. The number of carbonyl (C=O) groups is 2. The van der Waals surface area contributed by atoms with Crippen LogP contribution in [-0.4, -0.2) is 102 Å². The van der Waals surface area contributed by atoms with Gasteiger partial charge in [0.25, 0.3) is 5.88 Å². The number of phenolic OH excluding ortho intramolecular Hbond substituents is 1. The molecule has 6 heterocycles. The average Bonchev–Trinajstić information content (AvgIpc) is 4.02. The Balaban J connectivity index is 0.861. The van der Waals surface area contributed by atoms with Crippen LogP contribution < -0.4 is 10.1 Å². The van der Waals surface area contributed by atoms with Crippen molar-refractivity contribution in [2.24, 2.45) is 5.92 Å². The molecule has 0 radical (unpaired) electrons. The number of rotatable bonds is 14. The fraction of sp³-hybridized carbons (Fsp3) is 0.395. The van der Waals surface area contributed by atoms with Crippen molar-refractivity contribution >= 4 is 34.2 Å². The van der Waals surface area contributed by atoms with E-state index in [1.165, 1.54) is 17.0 Å². The molecule has 0 spiro atoms. The molecule has 2 aliphatic heterocycles. The average molecular weight is 841 g/mol. The number of amides is 2. The van der Waals surface area contributed by atoms with Crippen LogP contribution in [0.5, 0.6) is 11.6 Å². The van der Waals surface area contributed by atoms with Gasteiger partial charge in [-0.1, -0.05) is 50.2 Å². The van der Waals surface area contributed by atoms with Crippen LogP contribution in [0.25, 0.3) is 32.7 Å². The van der Waals surface area contributed by atoms with Gasteiger partial charge in [-0.3, -0.25) is 19.1 Å². The van der Waals surface area contributed by atoms with E-state index >= 15 is 0 Å². The monoisotopic (exact) mass is 840 g/mol. The number of aliphatic hydroxyl groups excluding tert-OH is 1. The molecule has 0 saturated carbocycles. The fourth-order valence-electron chi connectivity index (χ4n) is 8.21. The second-order valence-electron chi connectivity index (χ2n) is 15.8. The van der Waals surface area contributed by atoms with Gasteiger partial charge >= 0.3 is 6.55 Å². The maximum Gasteiger partial charge on any atom is 0.319 e. The van der Waals surface area contributed by atoms with E-state index in [0.717, 1.165) is 26.3 Å². The quantitative estimate of drug-likeness (QED) is 0.107. The van der Waals surface area contributed by atoms with Crippen LogP contribution in [-0.2, 0) is 9.59 Å². The summed E-state index contributed by atoms with van der Waals surface area (Å²) in [4.78, 5) is 36.7. The van der Waals surface area contributed by atoms with Gasteiger partial charge in [0.2, 0.25) is 11.8 Å². The van der Waals surface area contributed by atoms with Crippen LogP contribution in [0.4, 0.5) is 8.78 Å². The van der Waals surface area contributed by atoms with Gasteiger partial charge in [0, 0.05) is 55.8 Å². The van der Waals surface area contributed by atoms with Gasteiger partial charge in [-0.05, 0) is 60.3 Å². The molecule has 8 rings (SSSR count). The molecule has 2 fully saturated rings. The number of aromatic hydroxyl groups is 1. The summed E-state index contributed by atoms with van der Waals surface area (Å²) in [7, 11) is 0. The Morgan fingerprint density at radius 2 is 1.80 bits per heavy atom. The Morgan fingerprint density at radius 1 is 1.03 bits per heavy atom. The summed E-state index contributed by atoms with van der Waals surface area (Å²) in [5.41, 5.74) is 6.48. The van der Waals surface area contributed by atoms with Crippen molar-refractivity contribution in [2.75, 3.05) is 32.8 Å². The highest BCUT2D eigenvalue weighted by Crippen LogP contribution is 2.37. The Hall–Kier alpha value is -5.78. The minimum atomic E-state index is -2.80. The summed E-state index contributed by atoms with van der Waals surface area (Å²) in [6.07, 6.45) is -0.750. The van der Waals surface area contributed by atoms with E-state index in [2.05, 4.69) is 30.6 Å². The molecule has 4 atom stereocenters. The highest BCUT2D eigenvalue weighted by Gasteiger charge is 2.43. The van der Waals surface area contributed by atoms with E-state index < -0.39 is 24.6 Å². The van der Waals surface area contributed by atoms with Crippen molar-refractivity contribution < 1.29 is 37.8 Å². The van der Waals surface area contributed by atoms with Crippen LogP contribution in [0.1, 0.15) is 74.3 Å². The standard InChI is InChI=1S/C43H46F2N8O6S/c1-23(2)39(42(57)52-21-29(54)15-35(52)41(56)47-24(3)26-9-11-27(12-10-26)40-25(4)46-22-60-40)37-18-38(50-59-37)58-14-13-51-19-28(20-51)33-17-32-34(53(33)43(44)45)16-31(48-49-32)30-7-5-6-8-36(30)55/h5-12,16-18,22-24,28-29,35,39,43,54-55H,13-15,19-21H2,1-4H3,(H,47,56)/t24?,29-,35+,39?/m1/s1. The third kappa shape index (κ3) is 8.20. The number of hydrogen-bond acceptors (Lipinski definition) is 12. The number of aryl methyl sites for hydroxylation is 1. The van der Waals surface area contributed by atoms with Crippen LogP contribution in [0.15, 0.2) is 76.8 Å². The largest absolute Gasteiger partial charge is 0.507 e. The number of nitrogens with one attached hydrogen (secondary N) is 1. The first kappa shape index (κ1) is 41.0. The third-order valence-corrected chi connectivity index (χ3v) is 12.4. The number of fused-ring (bicyclic) bond motifs is 1. The fourth-order valence-corrected chi connectivity index (χ4v) is 9.02. The summed E-state index contributed by atoms with van der Waals surface area (Å²) >= 11 is 1.57. The molecule has 6 aromatic rings. The Morgan fingerprint density at radius 3 is 2.50 bits per heavy atom. The van der Waals surface area contributed by atoms with Gasteiger partial charge in [0.1, 0.15) is 29.8 Å². The molecule has 3 N–H and O–H groups in total. The number of phenols is 1. The number of thiazole rings is 1. The zero-order chi connectivity index (χ0) is 42.2. The number of aliphatic hydroxyl groups is 1. The molecule has 314 valence electrons. The summed E-state index contributed by atoms with van der Waals surface area (Å²) in [5.74, 6) is -1.42. The van der Waals surface area contributed by atoms with Crippen molar-refractivity contribution in [2.45, 2.75) is 70.7 Å². The van der Waals surface area contributed by atoms with E-state index in [1.54, 1.807) is 41.7 Å². The molecule has 14 nitrogen and oxygen atoms in total. The highest BCUT2D eigenvalue weighted by atomic mass is 32.1. The third-order valence-electron chi connectivity index (χ3n) is 11.4. The SMILES string of the molecule is Cc1ncsc1-c1ccc(C(C)NC(=O)[C@@H]2C[C@@H](O)CN2C(=O)C(c2cc(OCCN3CC(c4cc5nnc(-c6ccccc6O)cc5n4C(F)F)C3)no2)C(C)C)cc1. The topological polar surface area (TPSA) is 172 Å². The molecule has 2 aliphatic rings. The number of ether oxygens (including phenoxy) is 1. The Labute approximate surface area is 348 Å². The van der Waals surface area contributed by atoms with E-state index in [-0.39, 0.29) is 72.2 Å². The zero-order valence-electron chi connectivity index (χ0n) is 33.5. The van der Waals surface area contributed by atoms with Gasteiger partial charge in [0.15, 0.2) is 5.76 Å². The first-order chi connectivity index (χ1) is 28.9. The minimum absolute atomic E-state index is 0.0104. The molecule has 0 aliphatic carbocycles. The first-order valence-corrected chi connectivity index (χ1v) is 20.8. The molecule has 4 aromatic heterocycles. The van der Waals surface area contributed by atoms with Crippen LogP contribution >= 0.6 is 11.3 Å². The molecule has 2 saturated heterocycles. The Kier molecular flexibility index (Phi) is 11.7. The predicted octanol–water partition coefficient (Wildman–Crippen LogP) is 6.68. The number of likely N-dealkylation sites (tertiary alicyclic amines) is 2. The van der Waals surface area contributed by atoms with Gasteiger partial charge in [-0.2, -0.15) is 8.78 Å². The summed E-state index contributed by atoms with van der Waals surface area (Å²) in [6.45, 7) is 6.59. The van der Waals surface area contributed by atoms with Gasteiger partial charge < -0.3 is 29.7 Å². The highest BCUT2D eigenvalue weighted by molar-refractivity contribution is 7.13. The number of hydrogen-bond donors (Lipinski definition) is 3. The van der Waals surface area contributed by atoms with E-state index in [4.69, 9.17) is 9.26 Å². The van der Waals surface area contributed by atoms with Crippen molar-refractivity contribution in [1.29, 1.82) is 0 Å². The summed E-state index contributed by atoms with van der Waals surface area (Å²) in [5, 5.41) is 36.4. The zero-order valence-corrected chi connectivity index (χ0v) is 34.4. The van der Waals surface area contributed by atoms with Crippen molar-refractivity contribution in [3.05, 3.63) is 95.0 Å². The molecule has 0 bridgehead atoms. The van der Waals surface area contributed by atoms with E-state index in [0.29, 0.717) is 42.1 Å². The van der Waals surface area contributed by atoms with E-state index in [1.807, 2.05) is 57.5 Å². The summed E-state index contributed by atoms with van der Waals surface area (Å²) < 4.78 is 41.4. The second kappa shape index (κ2) is 17.1. The van der Waals surface area contributed by atoms with Crippen LogP contribution in [0.2, 0.25) is 0 Å². The van der Waals surface area contributed by atoms with Crippen molar-refractivity contribution in [3.8, 4) is 33.3 Å². The lowest BCUT2D eigenvalue weighted by Gasteiger charge is -2.39. The Bertz CT molecular complexity index is 2480. The second-order valence-corrected chi connectivity index (χ2v) is 16.7. The predicted molar refractivity (Wildman–Crippen MR) is 220 cm³/mol. The molecule has 2 aromatic carbocycles. The van der Waals surface area contributed by atoms with Crippen LogP contribution in [0, 0.1) is 12.8 Å². The molecular formula is C43H46F2N8O6S. The van der Waals surface area contributed by atoms with Gasteiger partial charge in [-0.15, -0.1) is 21.5 Å². The number of aromatic nitrogens is 5. The summed E-state index contributed by atoms with van der Waals surface area (Å²) in [6, 6.07) is 18.0. The van der Waals surface area contributed by atoms with Crippen molar-refractivity contribution in [1.82, 2.24) is 40.0 Å². The molecule has 2 amide bonds. The lowest BCUT2D eigenvalue weighted by atomic mass is 9.91. The maximum atomic E-state index is 14.5. The smallest absolute Gasteiger partial charge is 0.319 e. The van der Waals surface area contributed by atoms with Gasteiger partial charge in [-0.25, -0.2) is 4.98 Å². The lowest BCUT2D eigenvalue weighted by Crippen LogP contribution is -2.48. The number of nitrogens with zero attached hydrogens (tertiary/aromatic N) is 7. The van der Waals surface area contributed by atoms with E-state index in [9.17, 15) is 28.6 Å². The lowest BCUT2D eigenvalue weighted by molar-refractivity contribution is -0.141. The number of halogens is 2. The number of para-hydroxylation sites is 1. The number of β-amino-alcohol motifs (C(OH)–C–C–N with tert-alkyl or cyclic N) is 1. The molecular weight excluding hydrogens is 795 g/mol. The number of alkyl halides is 2. The normalized spacial score (nSPS) is 18.3. The minimum Gasteiger partial charge on any atom is -0.507 e. The first-order valence-electron chi connectivity index (χ1n) is 19.9. The molecule has 60 heavy (non-hydrogen) atoms. The maximum absolute atomic E-state index is 14.5. The number of benzene rings is 2. The van der Waals surface area contributed by atoms with Gasteiger partial charge in [0.05, 0.1) is 39.4 Å². The van der Waals surface area contributed by atoms with Crippen LogP contribution in [0.3, 0.4) is 0 Å². The molecule has 2 unspecified atom stereocenters.